The first kappa shape index (κ1) is 16.9. The third-order valence-electron chi connectivity index (χ3n) is 3.23. The molecule has 2 amide bonds. The number of ether oxygens (including phenoxy) is 1. The fraction of sp³-hybridized carbons (Fsp3) is 0.0588. The van der Waals surface area contributed by atoms with Crippen molar-refractivity contribution in [2.75, 3.05) is 0 Å². The highest BCUT2D eigenvalue weighted by Crippen LogP contribution is 2.30. The summed E-state index contributed by atoms with van der Waals surface area (Å²) in [6.45, 7) is 0.301. The van der Waals surface area contributed by atoms with Gasteiger partial charge in [-0.25, -0.2) is 0 Å². The Morgan fingerprint density at radius 1 is 1.08 bits per heavy atom. The standard InChI is InChI=1S/C17H11Cl2NO3S/c18-12-6-5-10(7-13(12)19)9-23-14-4-2-1-3-11(14)8-15-16(21)20-17(22)24-15/h1-8H,9H2,(H,20,21,22)/b15-8-. The van der Waals surface area contributed by atoms with Gasteiger partial charge in [-0.2, -0.15) is 0 Å². The number of hydrogen-bond donors (Lipinski definition) is 1. The van der Waals surface area contributed by atoms with E-state index >= 15 is 0 Å². The fourth-order valence-corrected chi connectivity index (χ4v) is 3.08. The van der Waals surface area contributed by atoms with Crippen LogP contribution in [-0.2, 0) is 11.4 Å². The van der Waals surface area contributed by atoms with Crippen LogP contribution in [0.3, 0.4) is 0 Å². The predicted octanol–water partition coefficient (Wildman–Crippen LogP) is 4.90. The molecule has 3 rings (SSSR count). The van der Waals surface area contributed by atoms with Gasteiger partial charge in [-0.05, 0) is 41.6 Å². The highest BCUT2D eigenvalue weighted by atomic mass is 35.5. The van der Waals surface area contributed by atoms with E-state index in [2.05, 4.69) is 5.32 Å². The summed E-state index contributed by atoms with van der Waals surface area (Å²) < 4.78 is 5.82. The van der Waals surface area contributed by atoms with Gasteiger partial charge in [0.1, 0.15) is 12.4 Å². The number of hydrogen-bond acceptors (Lipinski definition) is 4. The number of para-hydroxylation sites is 1. The smallest absolute Gasteiger partial charge is 0.290 e. The Kier molecular flexibility index (Phi) is 5.14. The van der Waals surface area contributed by atoms with E-state index in [0.29, 0.717) is 32.9 Å². The topological polar surface area (TPSA) is 55.4 Å². The second-order valence-corrected chi connectivity index (χ2v) is 6.76. The average Bonchev–Trinajstić information content (AvgIpc) is 2.87. The van der Waals surface area contributed by atoms with Crippen molar-refractivity contribution in [1.29, 1.82) is 0 Å². The largest absolute Gasteiger partial charge is 0.488 e. The zero-order chi connectivity index (χ0) is 17.1. The summed E-state index contributed by atoms with van der Waals surface area (Å²) in [6, 6.07) is 12.5. The second-order valence-electron chi connectivity index (χ2n) is 4.93. The van der Waals surface area contributed by atoms with Crippen LogP contribution in [0, 0.1) is 0 Å². The van der Waals surface area contributed by atoms with E-state index in [1.807, 2.05) is 24.3 Å². The van der Waals surface area contributed by atoms with Crippen LogP contribution >= 0.6 is 35.0 Å². The third-order valence-corrected chi connectivity index (χ3v) is 4.78. The Labute approximate surface area is 152 Å². The summed E-state index contributed by atoms with van der Waals surface area (Å²) in [4.78, 5) is 23.2. The van der Waals surface area contributed by atoms with E-state index in [1.54, 1.807) is 24.3 Å². The molecule has 0 aromatic heterocycles. The van der Waals surface area contributed by atoms with Crippen molar-refractivity contribution >= 4 is 52.2 Å². The van der Waals surface area contributed by atoms with Crippen molar-refractivity contribution in [3.63, 3.8) is 0 Å². The molecule has 122 valence electrons. The monoisotopic (exact) mass is 379 g/mol. The SMILES string of the molecule is O=C1NC(=O)/C(=C/c2ccccc2OCc2ccc(Cl)c(Cl)c2)S1. The van der Waals surface area contributed by atoms with Crippen LogP contribution < -0.4 is 10.1 Å². The molecule has 24 heavy (non-hydrogen) atoms. The molecule has 1 fully saturated rings. The molecule has 4 nitrogen and oxygen atoms in total. The molecule has 0 spiro atoms. The summed E-state index contributed by atoms with van der Waals surface area (Å²) in [5, 5.41) is 2.80. The summed E-state index contributed by atoms with van der Waals surface area (Å²) in [5.41, 5.74) is 1.58. The molecule has 1 aliphatic rings. The molecule has 1 heterocycles. The second kappa shape index (κ2) is 7.30. The summed E-state index contributed by atoms with van der Waals surface area (Å²) >= 11 is 12.8. The first-order valence-electron chi connectivity index (χ1n) is 6.93. The number of carbonyl (C=O) groups excluding carboxylic acids is 2. The summed E-state index contributed by atoms with van der Waals surface area (Å²) in [5.74, 6) is 0.202. The van der Waals surface area contributed by atoms with E-state index in [1.165, 1.54) is 0 Å². The quantitative estimate of drug-likeness (QED) is 0.767. The van der Waals surface area contributed by atoms with Gasteiger partial charge in [0.2, 0.25) is 0 Å². The number of carbonyl (C=O) groups is 2. The van der Waals surface area contributed by atoms with Crippen molar-refractivity contribution in [2.24, 2.45) is 0 Å². The Morgan fingerprint density at radius 3 is 2.58 bits per heavy atom. The van der Waals surface area contributed by atoms with Gasteiger partial charge in [0.25, 0.3) is 11.1 Å². The molecular weight excluding hydrogens is 369 g/mol. The molecule has 2 aromatic rings. The van der Waals surface area contributed by atoms with Crippen LogP contribution in [0.5, 0.6) is 5.75 Å². The number of benzene rings is 2. The van der Waals surface area contributed by atoms with Crippen molar-refractivity contribution in [2.45, 2.75) is 6.61 Å². The number of nitrogens with one attached hydrogen (secondary N) is 1. The molecule has 0 unspecified atom stereocenters. The van der Waals surface area contributed by atoms with Gasteiger partial charge in [-0.1, -0.05) is 47.5 Å². The molecule has 1 N–H and O–H groups in total. The highest BCUT2D eigenvalue weighted by molar-refractivity contribution is 8.18. The van der Waals surface area contributed by atoms with Gasteiger partial charge >= 0.3 is 0 Å². The lowest BCUT2D eigenvalue weighted by Crippen LogP contribution is -2.17. The fourth-order valence-electron chi connectivity index (χ4n) is 2.08. The minimum Gasteiger partial charge on any atom is -0.488 e. The molecular formula is C17H11Cl2NO3S. The minimum absolute atomic E-state index is 0.301. The van der Waals surface area contributed by atoms with E-state index in [4.69, 9.17) is 27.9 Å². The maximum atomic E-state index is 11.7. The molecule has 0 atom stereocenters. The summed E-state index contributed by atoms with van der Waals surface area (Å²) in [6.07, 6.45) is 1.63. The molecule has 1 saturated heterocycles. The lowest BCUT2D eigenvalue weighted by molar-refractivity contribution is -0.115. The van der Waals surface area contributed by atoms with E-state index in [9.17, 15) is 9.59 Å². The van der Waals surface area contributed by atoms with Gasteiger partial charge < -0.3 is 4.74 Å². The average molecular weight is 380 g/mol. The predicted molar refractivity (Wildman–Crippen MR) is 96.3 cm³/mol. The number of rotatable bonds is 4. The van der Waals surface area contributed by atoms with Gasteiger partial charge in [0.05, 0.1) is 15.0 Å². The van der Waals surface area contributed by atoms with E-state index in [0.717, 1.165) is 17.3 Å². The molecule has 0 bridgehead atoms. The van der Waals surface area contributed by atoms with Crippen LogP contribution in [0.15, 0.2) is 47.4 Å². The maximum Gasteiger partial charge on any atom is 0.290 e. The highest BCUT2D eigenvalue weighted by Gasteiger charge is 2.25. The van der Waals surface area contributed by atoms with Crippen LogP contribution in [0.1, 0.15) is 11.1 Å². The van der Waals surface area contributed by atoms with Crippen LogP contribution in [0.4, 0.5) is 4.79 Å². The first-order valence-corrected chi connectivity index (χ1v) is 8.51. The molecule has 7 heteroatoms. The van der Waals surface area contributed by atoms with Crippen LogP contribution in [-0.4, -0.2) is 11.1 Å². The van der Waals surface area contributed by atoms with Gasteiger partial charge in [0, 0.05) is 5.56 Å². The molecule has 0 saturated carbocycles. The third kappa shape index (κ3) is 3.93. The number of imide groups is 1. The normalized spacial score (nSPS) is 15.7. The molecule has 0 radical (unpaired) electrons. The Bertz CT molecular complexity index is 851. The van der Waals surface area contributed by atoms with Crippen LogP contribution in [0.2, 0.25) is 10.0 Å². The van der Waals surface area contributed by atoms with E-state index < -0.39 is 5.91 Å². The molecule has 2 aromatic carbocycles. The Morgan fingerprint density at radius 2 is 1.88 bits per heavy atom. The zero-order valence-electron chi connectivity index (χ0n) is 12.2. The van der Waals surface area contributed by atoms with Crippen molar-refractivity contribution in [3.8, 4) is 5.75 Å². The van der Waals surface area contributed by atoms with Crippen molar-refractivity contribution in [3.05, 3.63) is 68.5 Å². The number of halogens is 2. The van der Waals surface area contributed by atoms with Crippen molar-refractivity contribution < 1.29 is 14.3 Å². The van der Waals surface area contributed by atoms with Crippen LogP contribution in [0.25, 0.3) is 6.08 Å². The Balaban J connectivity index is 1.79. The number of thioether (sulfide) groups is 1. The Hall–Kier alpha value is -1.95. The number of amides is 2. The summed E-state index contributed by atoms with van der Waals surface area (Å²) in [7, 11) is 0. The minimum atomic E-state index is -0.399. The lowest BCUT2D eigenvalue weighted by atomic mass is 10.2. The van der Waals surface area contributed by atoms with E-state index in [-0.39, 0.29) is 5.24 Å². The van der Waals surface area contributed by atoms with Gasteiger partial charge in [-0.15, -0.1) is 0 Å². The zero-order valence-corrected chi connectivity index (χ0v) is 14.5. The maximum absolute atomic E-state index is 11.7. The van der Waals surface area contributed by atoms with Gasteiger partial charge in [0.15, 0.2) is 0 Å². The van der Waals surface area contributed by atoms with Gasteiger partial charge in [-0.3, -0.25) is 14.9 Å². The first-order chi connectivity index (χ1) is 11.5. The molecule has 1 aliphatic heterocycles. The molecule has 0 aliphatic carbocycles. The lowest BCUT2D eigenvalue weighted by Gasteiger charge is -2.10. The van der Waals surface area contributed by atoms with Crippen molar-refractivity contribution in [1.82, 2.24) is 5.32 Å².